The van der Waals surface area contributed by atoms with Gasteiger partial charge in [0, 0.05) is 25.6 Å². The van der Waals surface area contributed by atoms with Crippen LogP contribution in [0.2, 0.25) is 0 Å². The van der Waals surface area contributed by atoms with Crippen LogP contribution in [0.5, 0.6) is 0 Å². The molecule has 1 saturated heterocycles. The Morgan fingerprint density at radius 3 is 2.79 bits per heavy atom. The van der Waals surface area contributed by atoms with Crippen LogP contribution in [0, 0.1) is 5.92 Å². The minimum absolute atomic E-state index is 0.135. The summed E-state index contributed by atoms with van der Waals surface area (Å²) >= 11 is 0. The first-order chi connectivity index (χ1) is 11.8. The number of nitrogens with one attached hydrogen (secondary N) is 1. The molecule has 4 rings (SSSR count). The van der Waals surface area contributed by atoms with Gasteiger partial charge in [0.15, 0.2) is 0 Å². The summed E-state index contributed by atoms with van der Waals surface area (Å²) in [7, 11) is 0. The molecule has 1 aliphatic carbocycles. The number of aromatic nitrogens is 2. The summed E-state index contributed by atoms with van der Waals surface area (Å²) in [6, 6.07) is 0.720. The highest BCUT2D eigenvalue weighted by Crippen LogP contribution is 2.28. The number of fused-ring (bicyclic) bond motifs is 1. The molecule has 132 valence electrons. The minimum Gasteiger partial charge on any atom is -0.315 e. The lowest BCUT2D eigenvalue weighted by molar-refractivity contribution is -0.122. The zero-order valence-electron chi connectivity index (χ0n) is 14.7. The van der Waals surface area contributed by atoms with Gasteiger partial charge in [0.2, 0.25) is 5.91 Å². The maximum absolute atomic E-state index is 12.8. The van der Waals surface area contributed by atoms with Crippen LogP contribution in [-0.4, -0.2) is 39.5 Å². The Labute approximate surface area is 144 Å². The van der Waals surface area contributed by atoms with Gasteiger partial charge in [-0.25, -0.2) is 4.98 Å². The smallest absolute Gasteiger partial charge is 0.229 e. The molecule has 3 heterocycles. The zero-order chi connectivity index (χ0) is 16.4. The van der Waals surface area contributed by atoms with Crippen LogP contribution in [0.1, 0.15) is 63.6 Å². The van der Waals surface area contributed by atoms with E-state index in [0.29, 0.717) is 0 Å². The van der Waals surface area contributed by atoms with Gasteiger partial charge >= 0.3 is 0 Å². The van der Waals surface area contributed by atoms with E-state index in [9.17, 15) is 4.79 Å². The van der Waals surface area contributed by atoms with Crippen LogP contribution in [0.25, 0.3) is 0 Å². The van der Waals surface area contributed by atoms with E-state index >= 15 is 0 Å². The molecule has 0 bridgehead atoms. The number of carbonyl (C=O) groups is 1. The third kappa shape index (κ3) is 3.37. The summed E-state index contributed by atoms with van der Waals surface area (Å²) in [6.07, 6.45) is 14.2. The van der Waals surface area contributed by atoms with Crippen LogP contribution in [0.3, 0.4) is 0 Å². The van der Waals surface area contributed by atoms with Gasteiger partial charge in [0.1, 0.15) is 11.6 Å². The number of piperidine rings is 1. The van der Waals surface area contributed by atoms with E-state index in [4.69, 9.17) is 0 Å². The molecule has 1 saturated carbocycles. The fourth-order valence-corrected chi connectivity index (χ4v) is 4.74. The Balaban J connectivity index is 1.38. The van der Waals surface area contributed by atoms with Gasteiger partial charge in [-0.1, -0.05) is 19.3 Å². The average Bonchev–Trinajstić information content (AvgIpc) is 3.06. The second kappa shape index (κ2) is 7.26. The molecule has 5 heteroatoms. The highest BCUT2D eigenvalue weighted by atomic mass is 16.2. The highest BCUT2D eigenvalue weighted by Gasteiger charge is 2.31. The third-order valence-electron chi connectivity index (χ3n) is 6.14. The van der Waals surface area contributed by atoms with Crippen LogP contribution in [0.15, 0.2) is 6.20 Å². The van der Waals surface area contributed by atoms with E-state index in [-0.39, 0.29) is 11.8 Å². The largest absolute Gasteiger partial charge is 0.315 e. The number of hydrogen-bond donors (Lipinski definition) is 1. The van der Waals surface area contributed by atoms with Gasteiger partial charge in [-0.05, 0) is 45.1 Å². The topological polar surface area (TPSA) is 50.2 Å². The number of amides is 1. The van der Waals surface area contributed by atoms with Gasteiger partial charge < -0.3 is 9.88 Å². The number of aryl methyl sites for hydroxylation is 1. The molecular formula is C19H30N4O. The minimum atomic E-state index is 0.135. The molecule has 0 spiro atoms. The summed E-state index contributed by atoms with van der Waals surface area (Å²) in [6.45, 7) is 3.11. The molecular weight excluding hydrogens is 300 g/mol. The van der Waals surface area contributed by atoms with Crippen molar-refractivity contribution in [3.05, 3.63) is 12.0 Å². The predicted molar refractivity (Wildman–Crippen MR) is 95.0 cm³/mol. The Morgan fingerprint density at radius 2 is 1.92 bits per heavy atom. The zero-order valence-corrected chi connectivity index (χ0v) is 14.7. The first-order valence-corrected chi connectivity index (χ1v) is 9.90. The molecule has 0 aromatic carbocycles. The normalized spacial score (nSPS) is 26.1. The Hall–Kier alpha value is -1.36. The molecule has 1 amide bonds. The van der Waals surface area contributed by atoms with Gasteiger partial charge in [-0.15, -0.1) is 0 Å². The summed E-state index contributed by atoms with van der Waals surface area (Å²) in [5, 5.41) is 3.18. The van der Waals surface area contributed by atoms with Gasteiger partial charge in [-0.2, -0.15) is 0 Å². The van der Waals surface area contributed by atoms with Crippen LogP contribution < -0.4 is 5.32 Å². The van der Waals surface area contributed by atoms with Crippen molar-refractivity contribution in [3.8, 4) is 0 Å². The number of anilines is 1. The monoisotopic (exact) mass is 330 g/mol. The Kier molecular flexibility index (Phi) is 4.88. The molecule has 2 fully saturated rings. The first kappa shape index (κ1) is 16.1. The molecule has 2 aliphatic heterocycles. The molecule has 3 aliphatic rings. The van der Waals surface area contributed by atoms with Crippen molar-refractivity contribution in [2.75, 3.05) is 18.4 Å². The fourth-order valence-electron chi connectivity index (χ4n) is 4.74. The Bertz CT molecular complexity index is 576. The van der Waals surface area contributed by atoms with Crippen molar-refractivity contribution >= 4 is 11.7 Å². The Morgan fingerprint density at radius 1 is 1.04 bits per heavy atom. The number of hydrogen-bond acceptors (Lipinski definition) is 3. The number of likely N-dealkylation sites (tertiary alicyclic amines) is 1. The molecule has 24 heavy (non-hydrogen) atoms. The lowest BCUT2D eigenvalue weighted by atomic mass is 9.90. The van der Waals surface area contributed by atoms with Crippen molar-refractivity contribution in [1.29, 1.82) is 0 Å². The maximum Gasteiger partial charge on any atom is 0.229 e. The molecule has 1 aromatic rings. The fraction of sp³-hybridized carbons (Fsp3) is 0.789. The summed E-state index contributed by atoms with van der Waals surface area (Å²) in [5.74, 6) is 2.37. The van der Waals surface area contributed by atoms with Crippen molar-refractivity contribution in [1.82, 2.24) is 14.5 Å². The molecule has 0 unspecified atom stereocenters. The lowest BCUT2D eigenvalue weighted by Crippen LogP contribution is -2.46. The summed E-state index contributed by atoms with van der Waals surface area (Å²) in [5.41, 5.74) is 0. The summed E-state index contributed by atoms with van der Waals surface area (Å²) in [4.78, 5) is 19.9. The van der Waals surface area contributed by atoms with Crippen molar-refractivity contribution in [2.24, 2.45) is 5.92 Å². The first-order valence-electron chi connectivity index (χ1n) is 9.90. The van der Waals surface area contributed by atoms with E-state index in [1.54, 1.807) is 0 Å². The van der Waals surface area contributed by atoms with Crippen molar-refractivity contribution in [3.63, 3.8) is 0 Å². The van der Waals surface area contributed by atoms with Gasteiger partial charge in [0.05, 0.1) is 12.1 Å². The standard InChI is InChI=1S/C19H30N4O/c24-19(21-18-13-20-17-10-4-5-12-23(17)18)15-7-6-11-22(14-15)16-8-2-1-3-9-16/h13,15-16H,1-12,14H2,(H,21,24)/t15-/m1/s1. The van der Waals surface area contributed by atoms with Crippen LogP contribution in [-0.2, 0) is 17.8 Å². The van der Waals surface area contributed by atoms with E-state index < -0.39 is 0 Å². The number of rotatable bonds is 3. The maximum atomic E-state index is 12.8. The van der Waals surface area contributed by atoms with Crippen molar-refractivity contribution < 1.29 is 4.79 Å². The molecule has 5 nitrogen and oxygen atoms in total. The predicted octanol–water partition coefficient (Wildman–Crippen LogP) is 3.20. The molecule has 0 radical (unpaired) electrons. The van der Waals surface area contributed by atoms with E-state index in [2.05, 4.69) is 19.8 Å². The average molecular weight is 330 g/mol. The van der Waals surface area contributed by atoms with E-state index in [0.717, 1.165) is 50.0 Å². The lowest BCUT2D eigenvalue weighted by Gasteiger charge is -2.39. The van der Waals surface area contributed by atoms with Gasteiger partial charge in [-0.3, -0.25) is 9.69 Å². The quantitative estimate of drug-likeness (QED) is 0.926. The van der Waals surface area contributed by atoms with Crippen LogP contribution in [0.4, 0.5) is 5.82 Å². The van der Waals surface area contributed by atoms with Crippen LogP contribution >= 0.6 is 0 Å². The number of carbonyl (C=O) groups excluding carboxylic acids is 1. The number of imidazole rings is 1. The van der Waals surface area contributed by atoms with Crippen molar-refractivity contribution in [2.45, 2.75) is 76.8 Å². The second-order valence-corrected chi connectivity index (χ2v) is 7.78. The third-order valence-corrected chi connectivity index (χ3v) is 6.14. The number of nitrogens with zero attached hydrogens (tertiary/aromatic N) is 3. The highest BCUT2D eigenvalue weighted by molar-refractivity contribution is 5.92. The molecule has 1 aromatic heterocycles. The second-order valence-electron chi connectivity index (χ2n) is 7.78. The van der Waals surface area contributed by atoms with E-state index in [1.165, 1.54) is 51.5 Å². The molecule has 1 atom stereocenters. The molecule has 1 N–H and O–H groups in total. The van der Waals surface area contributed by atoms with E-state index in [1.807, 2.05) is 6.20 Å². The van der Waals surface area contributed by atoms with Gasteiger partial charge in [0.25, 0.3) is 0 Å². The SMILES string of the molecule is O=C(Nc1cnc2n1CCCC2)[C@@H]1CCCN(C2CCCCC2)C1. The summed E-state index contributed by atoms with van der Waals surface area (Å²) < 4.78 is 2.20.